The number of aromatic amines is 1. The van der Waals surface area contributed by atoms with Crippen molar-refractivity contribution in [1.82, 2.24) is 14.5 Å². The highest BCUT2D eigenvalue weighted by Crippen LogP contribution is 2.48. The largest absolute Gasteiger partial charge is 0.497 e. The molecule has 1 aliphatic rings. The second kappa shape index (κ2) is 12.2. The number of hydrogen-bond acceptors (Lipinski definition) is 4. The third-order valence-corrected chi connectivity index (χ3v) is 9.35. The van der Waals surface area contributed by atoms with E-state index < -0.39 is 5.97 Å². The first-order chi connectivity index (χ1) is 22.4. The zero-order valence-corrected chi connectivity index (χ0v) is 26.9. The molecule has 3 heterocycles. The molecular formula is C38H36ClN3O4. The van der Waals surface area contributed by atoms with E-state index in [9.17, 15) is 9.90 Å². The molecule has 2 aromatic heterocycles. The number of hydrogen-bond donors (Lipinski definition) is 2. The third-order valence-electron chi connectivity index (χ3n) is 9.10. The number of nitrogens with zero attached hydrogens (tertiary/aromatic N) is 2. The average molecular weight is 634 g/mol. The van der Waals surface area contributed by atoms with Crippen molar-refractivity contribution in [3.05, 3.63) is 88.9 Å². The van der Waals surface area contributed by atoms with E-state index in [4.69, 9.17) is 26.1 Å². The van der Waals surface area contributed by atoms with Gasteiger partial charge in [-0.3, -0.25) is 0 Å². The summed E-state index contributed by atoms with van der Waals surface area (Å²) in [6.45, 7) is 5.50. The molecule has 0 saturated heterocycles. The summed E-state index contributed by atoms with van der Waals surface area (Å²) in [6.07, 6.45) is 4.23. The highest BCUT2D eigenvalue weighted by atomic mass is 35.5. The molecule has 0 amide bonds. The molecule has 46 heavy (non-hydrogen) atoms. The quantitative estimate of drug-likeness (QED) is 0.165. The Kier molecular flexibility index (Phi) is 7.95. The number of halogens is 1. The van der Waals surface area contributed by atoms with Gasteiger partial charge in [0, 0.05) is 27.1 Å². The Morgan fingerprint density at radius 1 is 1.00 bits per heavy atom. The number of H-pyrrole nitrogens is 1. The number of carboxylic acids is 1. The van der Waals surface area contributed by atoms with Crippen molar-refractivity contribution in [1.29, 1.82) is 0 Å². The molecule has 0 radical (unpaired) electrons. The zero-order chi connectivity index (χ0) is 31.9. The lowest BCUT2D eigenvalue weighted by Gasteiger charge is -2.19. The van der Waals surface area contributed by atoms with Crippen LogP contribution in [0.4, 0.5) is 0 Å². The maximum absolute atomic E-state index is 12.0. The van der Waals surface area contributed by atoms with E-state index >= 15 is 0 Å². The van der Waals surface area contributed by atoms with Gasteiger partial charge in [0.1, 0.15) is 23.7 Å². The summed E-state index contributed by atoms with van der Waals surface area (Å²) in [5.74, 6) is 1.62. The molecule has 2 N–H and O–H groups in total. The fraction of sp³-hybridized carbons (Fsp3) is 0.263. The molecule has 7 rings (SSSR count). The van der Waals surface area contributed by atoms with Crippen LogP contribution in [0.1, 0.15) is 61.4 Å². The number of methoxy groups -OCH3 is 1. The standard InChI is InChI=1S/C38H36ClN3O4/c1-4-6-23(7-5-2)33-28-14-10-24(38(43)44)20-32(28)42-18-19-46-36-29(35(33)42)16-17-31-34(36)41-37(40-31)30-21-26(45-3)13-15-27(30)22-8-11-25(39)12-9-22/h8-17,20-21,23H,4-7,18-19H2,1-3H3,(H,40,41)(H,43,44). The van der Waals surface area contributed by atoms with Crippen molar-refractivity contribution in [2.45, 2.75) is 52.0 Å². The lowest BCUT2D eigenvalue weighted by atomic mass is 9.86. The molecule has 0 bridgehead atoms. The zero-order valence-electron chi connectivity index (χ0n) is 26.2. The number of fused-ring (bicyclic) bond motifs is 7. The van der Waals surface area contributed by atoms with Crippen LogP contribution >= 0.6 is 11.6 Å². The van der Waals surface area contributed by atoms with Crippen LogP contribution in [0.15, 0.2) is 72.8 Å². The molecule has 0 atom stereocenters. The van der Waals surface area contributed by atoms with Crippen molar-refractivity contribution >= 4 is 39.5 Å². The number of nitrogens with one attached hydrogen (secondary N) is 1. The summed E-state index contributed by atoms with van der Waals surface area (Å²) in [7, 11) is 1.66. The first-order valence-electron chi connectivity index (χ1n) is 15.9. The monoisotopic (exact) mass is 633 g/mol. The predicted octanol–water partition coefficient (Wildman–Crippen LogP) is 9.95. The Morgan fingerprint density at radius 3 is 2.48 bits per heavy atom. The molecule has 0 unspecified atom stereocenters. The lowest BCUT2D eigenvalue weighted by Crippen LogP contribution is -2.06. The van der Waals surface area contributed by atoms with Crippen LogP contribution in [0.25, 0.3) is 55.7 Å². The number of carbonyl (C=O) groups is 1. The Labute approximate surface area is 272 Å². The smallest absolute Gasteiger partial charge is 0.335 e. The van der Waals surface area contributed by atoms with E-state index in [0.29, 0.717) is 29.9 Å². The van der Waals surface area contributed by atoms with Crippen molar-refractivity contribution < 1.29 is 19.4 Å². The van der Waals surface area contributed by atoms with E-state index in [-0.39, 0.29) is 5.56 Å². The second-order valence-corrected chi connectivity index (χ2v) is 12.4. The van der Waals surface area contributed by atoms with Crippen LogP contribution in [0.2, 0.25) is 5.02 Å². The van der Waals surface area contributed by atoms with Gasteiger partial charge < -0.3 is 24.1 Å². The van der Waals surface area contributed by atoms with Crippen molar-refractivity contribution in [2.24, 2.45) is 0 Å². The molecule has 1 aliphatic heterocycles. The highest BCUT2D eigenvalue weighted by molar-refractivity contribution is 6.30. The van der Waals surface area contributed by atoms with Gasteiger partial charge in [0.05, 0.1) is 30.4 Å². The molecule has 4 aromatic carbocycles. The number of ether oxygens (including phenoxy) is 2. The van der Waals surface area contributed by atoms with Gasteiger partial charge in [-0.2, -0.15) is 0 Å². The lowest BCUT2D eigenvalue weighted by molar-refractivity contribution is 0.0697. The molecule has 0 spiro atoms. The minimum atomic E-state index is -0.926. The maximum Gasteiger partial charge on any atom is 0.335 e. The number of imidazole rings is 1. The minimum Gasteiger partial charge on any atom is -0.497 e. The van der Waals surface area contributed by atoms with Gasteiger partial charge >= 0.3 is 5.97 Å². The van der Waals surface area contributed by atoms with Crippen LogP contribution in [0.3, 0.4) is 0 Å². The maximum atomic E-state index is 12.0. The number of aromatic carboxylic acids is 1. The third kappa shape index (κ3) is 5.09. The van der Waals surface area contributed by atoms with Crippen LogP contribution in [0.5, 0.6) is 11.5 Å². The van der Waals surface area contributed by atoms with E-state index in [0.717, 1.165) is 87.1 Å². The van der Waals surface area contributed by atoms with Gasteiger partial charge in [-0.05, 0) is 90.0 Å². The van der Waals surface area contributed by atoms with E-state index in [2.05, 4.69) is 29.5 Å². The van der Waals surface area contributed by atoms with Crippen LogP contribution < -0.4 is 9.47 Å². The fourth-order valence-corrected chi connectivity index (χ4v) is 7.18. The summed E-state index contributed by atoms with van der Waals surface area (Å²) in [6, 6.07) is 23.5. The highest BCUT2D eigenvalue weighted by Gasteiger charge is 2.30. The first-order valence-corrected chi connectivity index (χ1v) is 16.3. The molecular weight excluding hydrogens is 598 g/mol. The Hall–Kier alpha value is -4.75. The van der Waals surface area contributed by atoms with Gasteiger partial charge in [0.2, 0.25) is 0 Å². The van der Waals surface area contributed by atoms with Crippen molar-refractivity contribution in [3.63, 3.8) is 0 Å². The van der Waals surface area contributed by atoms with Gasteiger partial charge in [-0.1, -0.05) is 56.5 Å². The number of benzene rings is 4. The van der Waals surface area contributed by atoms with E-state index in [1.165, 1.54) is 5.56 Å². The Morgan fingerprint density at radius 2 is 1.76 bits per heavy atom. The van der Waals surface area contributed by atoms with Gasteiger partial charge in [-0.25, -0.2) is 9.78 Å². The minimum absolute atomic E-state index is 0.288. The summed E-state index contributed by atoms with van der Waals surface area (Å²) >= 11 is 6.21. The number of rotatable bonds is 9. The van der Waals surface area contributed by atoms with Crippen molar-refractivity contribution in [2.75, 3.05) is 13.7 Å². The second-order valence-electron chi connectivity index (χ2n) is 11.9. The van der Waals surface area contributed by atoms with Crippen LogP contribution in [-0.2, 0) is 6.54 Å². The van der Waals surface area contributed by atoms with Crippen LogP contribution in [0, 0.1) is 0 Å². The Balaban J connectivity index is 1.46. The SMILES string of the molecule is CCCC(CCC)c1c2n(c3cc(C(=O)O)ccc13)CCOc1c-2ccc2nc(-c3cc(OC)ccc3-c3ccc(Cl)cc3)[nH]c12. The average Bonchev–Trinajstić information content (AvgIpc) is 3.58. The van der Waals surface area contributed by atoms with E-state index in [1.54, 1.807) is 13.2 Å². The molecule has 7 nitrogen and oxygen atoms in total. The molecule has 8 heteroatoms. The number of carboxylic acid groups (broad SMARTS) is 1. The van der Waals surface area contributed by atoms with Gasteiger partial charge in [0.25, 0.3) is 0 Å². The Bertz CT molecular complexity index is 2090. The van der Waals surface area contributed by atoms with E-state index in [1.807, 2.05) is 60.7 Å². The van der Waals surface area contributed by atoms with Gasteiger partial charge in [0.15, 0.2) is 5.75 Å². The molecule has 6 aromatic rings. The molecule has 0 fully saturated rings. The summed E-state index contributed by atoms with van der Waals surface area (Å²) in [5.41, 5.74) is 9.16. The van der Waals surface area contributed by atoms with Crippen molar-refractivity contribution in [3.8, 4) is 45.3 Å². The topological polar surface area (TPSA) is 89.4 Å². The van der Waals surface area contributed by atoms with Gasteiger partial charge in [-0.15, -0.1) is 0 Å². The molecule has 234 valence electrons. The normalized spacial score (nSPS) is 12.6. The van der Waals surface area contributed by atoms with Crippen LogP contribution in [-0.4, -0.2) is 39.3 Å². The molecule has 0 aliphatic carbocycles. The molecule has 0 saturated carbocycles. The summed E-state index contributed by atoms with van der Waals surface area (Å²) in [5, 5.41) is 11.6. The number of aromatic nitrogens is 3. The summed E-state index contributed by atoms with van der Waals surface area (Å²) < 4.78 is 14.4. The fourth-order valence-electron chi connectivity index (χ4n) is 7.06. The predicted molar refractivity (Wildman–Crippen MR) is 184 cm³/mol. The first kappa shape index (κ1) is 29.9. The summed E-state index contributed by atoms with van der Waals surface area (Å²) in [4.78, 5) is 20.7.